The summed E-state index contributed by atoms with van der Waals surface area (Å²) >= 11 is 5.87. The summed E-state index contributed by atoms with van der Waals surface area (Å²) in [6.45, 7) is 0.808. The number of hydrogen-bond donors (Lipinski definition) is 0. The summed E-state index contributed by atoms with van der Waals surface area (Å²) in [6.07, 6.45) is 2.05. The van der Waals surface area contributed by atoms with E-state index in [9.17, 15) is 4.79 Å². The Morgan fingerprint density at radius 3 is 2.76 bits per heavy atom. The number of carbonyl (C=O) groups excluding carboxylic acids is 1. The number of ether oxygens (including phenoxy) is 1. The molecular weight excluding hydrogens is 238 g/mol. The molecule has 2 rings (SSSR count). The highest BCUT2D eigenvalue weighted by Crippen LogP contribution is 2.22. The standard InChI is InChI=1S/C13H16ClNO2/c1-17-12-6-4-10(5-7-12)13(16)15-8-2-3-11(15)9-14/h4-7,11H,2-3,8-9H2,1H3. The maximum Gasteiger partial charge on any atom is 0.254 e. The van der Waals surface area contributed by atoms with Crippen LogP contribution in [-0.2, 0) is 0 Å². The normalized spacial score (nSPS) is 19.4. The average molecular weight is 254 g/mol. The van der Waals surface area contributed by atoms with Crippen LogP contribution in [0.5, 0.6) is 5.75 Å². The van der Waals surface area contributed by atoms with E-state index in [1.165, 1.54) is 0 Å². The van der Waals surface area contributed by atoms with Gasteiger partial charge in [-0.1, -0.05) is 0 Å². The average Bonchev–Trinajstić information content (AvgIpc) is 2.86. The first kappa shape index (κ1) is 12.2. The Labute approximate surface area is 106 Å². The van der Waals surface area contributed by atoms with E-state index in [0.29, 0.717) is 11.4 Å². The molecule has 0 bridgehead atoms. The number of methoxy groups -OCH3 is 1. The van der Waals surface area contributed by atoms with Gasteiger partial charge in [-0.05, 0) is 37.1 Å². The predicted molar refractivity (Wildman–Crippen MR) is 67.8 cm³/mol. The van der Waals surface area contributed by atoms with Crippen molar-refractivity contribution < 1.29 is 9.53 Å². The summed E-state index contributed by atoms with van der Waals surface area (Å²) in [4.78, 5) is 14.1. The van der Waals surface area contributed by atoms with Gasteiger partial charge in [0.25, 0.3) is 5.91 Å². The van der Waals surface area contributed by atoms with Crippen LogP contribution in [0.3, 0.4) is 0 Å². The lowest BCUT2D eigenvalue weighted by atomic mass is 10.1. The molecule has 4 heteroatoms. The lowest BCUT2D eigenvalue weighted by Crippen LogP contribution is -2.36. The molecule has 0 radical (unpaired) electrons. The van der Waals surface area contributed by atoms with Crippen LogP contribution in [0.2, 0.25) is 0 Å². The number of amides is 1. The quantitative estimate of drug-likeness (QED) is 0.775. The summed E-state index contributed by atoms with van der Waals surface area (Å²) in [7, 11) is 1.61. The van der Waals surface area contributed by atoms with Gasteiger partial charge in [0, 0.05) is 24.0 Å². The molecule has 1 aromatic carbocycles. The van der Waals surface area contributed by atoms with Gasteiger partial charge in [-0.25, -0.2) is 0 Å². The molecule has 1 atom stereocenters. The lowest BCUT2D eigenvalue weighted by molar-refractivity contribution is 0.0749. The minimum Gasteiger partial charge on any atom is -0.497 e. The molecule has 0 N–H and O–H groups in total. The highest BCUT2D eigenvalue weighted by molar-refractivity contribution is 6.18. The van der Waals surface area contributed by atoms with Gasteiger partial charge in [0.1, 0.15) is 5.75 Å². The topological polar surface area (TPSA) is 29.5 Å². The van der Waals surface area contributed by atoms with Crippen LogP contribution in [0.15, 0.2) is 24.3 Å². The van der Waals surface area contributed by atoms with E-state index in [2.05, 4.69) is 0 Å². The van der Waals surface area contributed by atoms with E-state index in [1.54, 1.807) is 31.4 Å². The van der Waals surface area contributed by atoms with E-state index < -0.39 is 0 Å². The van der Waals surface area contributed by atoms with Crippen LogP contribution in [0.1, 0.15) is 23.2 Å². The van der Waals surface area contributed by atoms with Crippen LogP contribution in [0.25, 0.3) is 0 Å². The van der Waals surface area contributed by atoms with Crippen molar-refractivity contribution in [3.8, 4) is 5.75 Å². The third-order valence-electron chi connectivity index (χ3n) is 3.15. The first-order valence-electron chi connectivity index (χ1n) is 5.77. The molecule has 1 fully saturated rings. The maximum absolute atomic E-state index is 12.2. The first-order valence-corrected chi connectivity index (χ1v) is 6.30. The second-order valence-corrected chi connectivity index (χ2v) is 4.49. The predicted octanol–water partition coefficient (Wildman–Crippen LogP) is 2.54. The number of halogens is 1. The fraction of sp³-hybridized carbons (Fsp3) is 0.462. The first-order chi connectivity index (χ1) is 8.26. The van der Waals surface area contributed by atoms with Crippen LogP contribution in [0.4, 0.5) is 0 Å². The van der Waals surface area contributed by atoms with Gasteiger partial charge in [-0.3, -0.25) is 4.79 Å². The molecule has 0 aliphatic carbocycles. The van der Waals surface area contributed by atoms with Crippen LogP contribution in [0, 0.1) is 0 Å². The number of rotatable bonds is 3. The van der Waals surface area contributed by atoms with Gasteiger partial charge < -0.3 is 9.64 Å². The molecule has 1 aliphatic heterocycles. The zero-order valence-electron chi connectivity index (χ0n) is 9.86. The summed E-state index contributed by atoms with van der Waals surface area (Å²) < 4.78 is 5.07. The van der Waals surface area contributed by atoms with E-state index in [-0.39, 0.29) is 11.9 Å². The molecule has 92 valence electrons. The summed E-state index contributed by atoms with van der Waals surface area (Å²) in [5, 5.41) is 0. The molecule has 3 nitrogen and oxygen atoms in total. The zero-order valence-corrected chi connectivity index (χ0v) is 10.6. The van der Waals surface area contributed by atoms with Crippen LogP contribution < -0.4 is 4.74 Å². The Kier molecular flexibility index (Phi) is 3.89. The number of nitrogens with zero attached hydrogens (tertiary/aromatic N) is 1. The molecule has 1 aliphatic rings. The Hall–Kier alpha value is -1.22. The van der Waals surface area contributed by atoms with E-state index >= 15 is 0 Å². The van der Waals surface area contributed by atoms with Crippen molar-refractivity contribution in [3.05, 3.63) is 29.8 Å². The Morgan fingerprint density at radius 2 is 2.18 bits per heavy atom. The van der Waals surface area contributed by atoms with Crippen molar-refractivity contribution >= 4 is 17.5 Å². The molecule has 17 heavy (non-hydrogen) atoms. The van der Waals surface area contributed by atoms with Crippen molar-refractivity contribution in [1.29, 1.82) is 0 Å². The summed E-state index contributed by atoms with van der Waals surface area (Å²) in [5.74, 6) is 1.34. The van der Waals surface area contributed by atoms with Crippen molar-refractivity contribution in [2.24, 2.45) is 0 Å². The second-order valence-electron chi connectivity index (χ2n) is 4.18. The minimum atomic E-state index is 0.0656. The van der Waals surface area contributed by atoms with Crippen molar-refractivity contribution in [1.82, 2.24) is 4.90 Å². The Morgan fingerprint density at radius 1 is 1.47 bits per heavy atom. The smallest absolute Gasteiger partial charge is 0.254 e. The number of benzene rings is 1. The largest absolute Gasteiger partial charge is 0.497 e. The third-order valence-corrected chi connectivity index (χ3v) is 3.51. The van der Waals surface area contributed by atoms with Crippen molar-refractivity contribution in [3.63, 3.8) is 0 Å². The molecule has 1 aromatic rings. The Balaban J connectivity index is 2.13. The van der Waals surface area contributed by atoms with Crippen molar-refractivity contribution in [2.45, 2.75) is 18.9 Å². The number of likely N-dealkylation sites (tertiary alicyclic amines) is 1. The monoisotopic (exact) mass is 253 g/mol. The molecule has 1 unspecified atom stereocenters. The van der Waals surface area contributed by atoms with Crippen molar-refractivity contribution in [2.75, 3.05) is 19.5 Å². The Bertz CT molecular complexity index is 391. The molecule has 0 aromatic heterocycles. The molecule has 1 heterocycles. The van der Waals surface area contributed by atoms with E-state index in [1.807, 2.05) is 4.90 Å². The fourth-order valence-corrected chi connectivity index (χ4v) is 2.48. The number of alkyl halides is 1. The van der Waals surface area contributed by atoms with E-state index in [0.717, 1.165) is 25.1 Å². The highest BCUT2D eigenvalue weighted by atomic mass is 35.5. The van der Waals surface area contributed by atoms with E-state index in [4.69, 9.17) is 16.3 Å². The van der Waals surface area contributed by atoms with Crippen LogP contribution in [-0.4, -0.2) is 36.4 Å². The molecule has 0 spiro atoms. The second kappa shape index (κ2) is 5.41. The number of hydrogen-bond acceptors (Lipinski definition) is 2. The van der Waals surface area contributed by atoms with Crippen LogP contribution >= 0.6 is 11.6 Å². The van der Waals surface area contributed by atoms with Gasteiger partial charge in [0.15, 0.2) is 0 Å². The van der Waals surface area contributed by atoms with Gasteiger partial charge in [-0.2, -0.15) is 0 Å². The molecule has 1 saturated heterocycles. The minimum absolute atomic E-state index is 0.0656. The summed E-state index contributed by atoms with van der Waals surface area (Å²) in [6, 6.07) is 7.39. The summed E-state index contributed by atoms with van der Waals surface area (Å²) in [5.41, 5.74) is 0.697. The SMILES string of the molecule is COc1ccc(C(=O)N2CCCC2CCl)cc1. The molecular formula is C13H16ClNO2. The van der Waals surface area contributed by atoms with Gasteiger partial charge in [0.05, 0.1) is 7.11 Å². The van der Waals surface area contributed by atoms with Gasteiger partial charge in [-0.15, -0.1) is 11.6 Å². The molecule has 1 amide bonds. The maximum atomic E-state index is 12.2. The number of carbonyl (C=O) groups is 1. The third kappa shape index (κ3) is 2.55. The highest BCUT2D eigenvalue weighted by Gasteiger charge is 2.28. The lowest BCUT2D eigenvalue weighted by Gasteiger charge is -2.22. The molecule has 0 saturated carbocycles. The fourth-order valence-electron chi connectivity index (χ4n) is 2.16. The zero-order chi connectivity index (χ0) is 12.3. The van der Waals surface area contributed by atoms with Gasteiger partial charge in [0.2, 0.25) is 0 Å². The van der Waals surface area contributed by atoms with Gasteiger partial charge >= 0.3 is 0 Å².